The molecule has 0 aromatic heterocycles. The van der Waals surface area contributed by atoms with Crippen LogP contribution in [0.4, 0.5) is 0 Å². The van der Waals surface area contributed by atoms with Crippen molar-refractivity contribution < 1.29 is 33.6 Å². The van der Waals surface area contributed by atoms with Gasteiger partial charge in [-0.3, -0.25) is 9.68 Å². The van der Waals surface area contributed by atoms with Crippen LogP contribution in [-0.2, 0) is 45.4 Å². The molecule has 5 aromatic carbocycles. The number of nitrogens with zero attached hydrogens (tertiary/aromatic N) is 1. The minimum absolute atomic E-state index is 0.194. The number of hydrogen-bond donors (Lipinski definition) is 2. The maximum Gasteiger partial charge on any atom is 0.364 e. The van der Waals surface area contributed by atoms with Gasteiger partial charge in [0.1, 0.15) is 25.0 Å². The number of carbonyl (C=O) groups excluding carboxylic acids is 2. The first-order valence-electron chi connectivity index (χ1n) is 17.3. The molecule has 0 unspecified atom stereocenters. The van der Waals surface area contributed by atoms with Gasteiger partial charge in [0, 0.05) is 13.0 Å². The second-order valence-corrected chi connectivity index (χ2v) is 13.8. The molecule has 0 fully saturated rings. The molecule has 274 valence electrons. The number of hydrogen-bond acceptors (Lipinski definition) is 9. The fourth-order valence-corrected chi connectivity index (χ4v) is 6.74. The van der Waals surface area contributed by atoms with Crippen LogP contribution in [0.5, 0.6) is 17.2 Å². The molecule has 2 aliphatic heterocycles. The van der Waals surface area contributed by atoms with Crippen LogP contribution in [0.25, 0.3) is 11.1 Å². The number of nitriles is 1. The minimum atomic E-state index is -0.984. The SMILES string of the molecule is COOC(=O)[C@H](Cc1ccc(-c2ccc(C#N)cc2)cc1)NC(=O)[C@@H]1Cc2cc3c(cc2CN1)O[C@@H](c1ccc(OCc2ccc(Cl)c(Cl)c2)cc1)CO3. The minimum Gasteiger partial charge on any atom is -0.489 e. The van der Waals surface area contributed by atoms with Crippen LogP contribution in [0.2, 0.25) is 10.0 Å². The Bertz CT molecular complexity index is 2190. The maximum absolute atomic E-state index is 13.5. The predicted molar refractivity (Wildman–Crippen MR) is 202 cm³/mol. The van der Waals surface area contributed by atoms with E-state index < -0.39 is 18.1 Å². The van der Waals surface area contributed by atoms with Crippen LogP contribution in [0.15, 0.2) is 103 Å². The van der Waals surface area contributed by atoms with E-state index in [0.29, 0.717) is 59.0 Å². The van der Waals surface area contributed by atoms with Crippen LogP contribution in [0.1, 0.15) is 39.5 Å². The molecule has 2 N–H and O–H groups in total. The molecule has 0 spiro atoms. The first kappa shape index (κ1) is 36.8. The van der Waals surface area contributed by atoms with Crippen molar-refractivity contribution in [2.45, 2.75) is 44.2 Å². The zero-order chi connectivity index (χ0) is 37.6. The molecular weight excluding hydrogens is 729 g/mol. The van der Waals surface area contributed by atoms with Crippen molar-refractivity contribution in [3.8, 4) is 34.4 Å². The van der Waals surface area contributed by atoms with Crippen LogP contribution in [0, 0.1) is 11.3 Å². The second kappa shape index (κ2) is 16.6. The Morgan fingerprint density at radius 3 is 2.30 bits per heavy atom. The van der Waals surface area contributed by atoms with Gasteiger partial charge in [0.05, 0.1) is 34.8 Å². The number of rotatable bonds is 11. The first-order chi connectivity index (χ1) is 26.3. The third-order valence-corrected chi connectivity index (χ3v) is 10.1. The molecule has 0 aliphatic carbocycles. The van der Waals surface area contributed by atoms with E-state index in [2.05, 4.69) is 21.6 Å². The highest BCUT2D eigenvalue weighted by atomic mass is 35.5. The molecule has 0 saturated heterocycles. The Hall–Kier alpha value is -5.57. The van der Waals surface area contributed by atoms with Gasteiger partial charge in [-0.15, -0.1) is 0 Å². The molecule has 7 rings (SSSR count). The highest BCUT2D eigenvalue weighted by Crippen LogP contribution is 2.40. The average Bonchev–Trinajstić information content (AvgIpc) is 3.20. The lowest BCUT2D eigenvalue weighted by Gasteiger charge is -2.31. The lowest BCUT2D eigenvalue weighted by atomic mass is 9.94. The predicted octanol–water partition coefficient (Wildman–Crippen LogP) is 7.47. The third kappa shape index (κ3) is 8.62. The molecule has 2 aliphatic rings. The standard InChI is InChI=1S/C42H35Cl2N3O7/c1-50-54-42(49)37(17-25-2-7-28(8-3-25)29-9-4-26(21-45)5-10-29)47-41(48)36-18-31-19-38-39(20-32(31)22-46-36)53-40(24-52-38)30-11-13-33(14-12-30)51-23-27-6-15-34(43)35(44)16-27/h2-16,19-20,36-37,40,46H,17-18,22-24H2,1H3,(H,47,48)/t36-,37-,40+/m0/s1. The number of halogens is 2. The van der Waals surface area contributed by atoms with E-state index in [-0.39, 0.29) is 18.4 Å². The summed E-state index contributed by atoms with van der Waals surface area (Å²) >= 11 is 12.1. The van der Waals surface area contributed by atoms with Gasteiger partial charge >= 0.3 is 5.97 Å². The van der Waals surface area contributed by atoms with Crippen molar-refractivity contribution in [2.24, 2.45) is 0 Å². The smallest absolute Gasteiger partial charge is 0.364 e. The zero-order valence-electron chi connectivity index (χ0n) is 29.1. The Morgan fingerprint density at radius 2 is 1.59 bits per heavy atom. The number of nitrogens with one attached hydrogen (secondary N) is 2. The number of carbonyl (C=O) groups is 2. The summed E-state index contributed by atoms with van der Waals surface area (Å²) in [6.45, 7) is 1.09. The van der Waals surface area contributed by atoms with Crippen molar-refractivity contribution in [1.29, 1.82) is 5.26 Å². The Morgan fingerprint density at radius 1 is 0.889 bits per heavy atom. The normalized spacial score (nSPS) is 16.3. The fraction of sp³-hybridized carbons (Fsp3) is 0.214. The van der Waals surface area contributed by atoms with Crippen LogP contribution in [-0.4, -0.2) is 37.7 Å². The number of amides is 1. The van der Waals surface area contributed by atoms with E-state index in [9.17, 15) is 9.59 Å². The third-order valence-electron chi connectivity index (χ3n) is 9.35. The van der Waals surface area contributed by atoms with Crippen LogP contribution < -0.4 is 24.8 Å². The Kier molecular flexibility index (Phi) is 11.3. The highest BCUT2D eigenvalue weighted by molar-refractivity contribution is 6.42. The average molecular weight is 765 g/mol. The van der Waals surface area contributed by atoms with Crippen molar-refractivity contribution >= 4 is 35.1 Å². The molecule has 1 amide bonds. The van der Waals surface area contributed by atoms with E-state index in [0.717, 1.165) is 38.9 Å². The molecule has 3 atom stereocenters. The van der Waals surface area contributed by atoms with Crippen LogP contribution in [0.3, 0.4) is 0 Å². The largest absolute Gasteiger partial charge is 0.489 e. The summed E-state index contributed by atoms with van der Waals surface area (Å²) in [7, 11) is 1.24. The highest BCUT2D eigenvalue weighted by Gasteiger charge is 2.32. The molecular formula is C42H35Cl2N3O7. The van der Waals surface area contributed by atoms with E-state index in [1.807, 2.05) is 78.9 Å². The summed E-state index contributed by atoms with van der Waals surface area (Å²) in [5.74, 6) is 0.892. The summed E-state index contributed by atoms with van der Waals surface area (Å²) in [4.78, 5) is 35.9. The van der Waals surface area contributed by atoms with Gasteiger partial charge in [0.15, 0.2) is 17.6 Å². The number of fused-ring (bicyclic) bond motifs is 2. The van der Waals surface area contributed by atoms with Gasteiger partial charge in [0.25, 0.3) is 0 Å². The molecule has 5 aromatic rings. The summed E-state index contributed by atoms with van der Waals surface area (Å²) < 4.78 is 18.5. The van der Waals surface area contributed by atoms with Gasteiger partial charge in [-0.25, -0.2) is 4.79 Å². The van der Waals surface area contributed by atoms with Gasteiger partial charge in [0.2, 0.25) is 5.91 Å². The van der Waals surface area contributed by atoms with E-state index in [4.69, 9.17) is 47.6 Å². The van der Waals surface area contributed by atoms with Gasteiger partial charge in [-0.2, -0.15) is 10.1 Å². The monoisotopic (exact) mass is 763 g/mol. The van der Waals surface area contributed by atoms with Gasteiger partial charge < -0.3 is 24.8 Å². The molecule has 10 nitrogen and oxygen atoms in total. The molecule has 2 heterocycles. The van der Waals surface area contributed by atoms with Crippen molar-refractivity contribution in [1.82, 2.24) is 10.6 Å². The molecule has 54 heavy (non-hydrogen) atoms. The fourth-order valence-electron chi connectivity index (χ4n) is 6.42. The van der Waals surface area contributed by atoms with E-state index in [1.165, 1.54) is 7.11 Å². The molecule has 0 saturated carbocycles. The first-order valence-corrected chi connectivity index (χ1v) is 18.0. The summed E-state index contributed by atoms with van der Waals surface area (Å²) in [6.07, 6.45) is 0.265. The van der Waals surface area contributed by atoms with Crippen molar-refractivity contribution in [3.05, 3.63) is 147 Å². The van der Waals surface area contributed by atoms with E-state index in [1.54, 1.807) is 24.3 Å². The lowest BCUT2D eigenvalue weighted by Crippen LogP contribution is -2.53. The van der Waals surface area contributed by atoms with Crippen molar-refractivity contribution in [2.75, 3.05) is 13.7 Å². The van der Waals surface area contributed by atoms with Crippen LogP contribution >= 0.6 is 23.2 Å². The van der Waals surface area contributed by atoms with Gasteiger partial charge in [-0.1, -0.05) is 77.8 Å². The maximum atomic E-state index is 13.5. The number of benzene rings is 5. The topological polar surface area (TPSA) is 128 Å². The van der Waals surface area contributed by atoms with E-state index >= 15 is 0 Å². The van der Waals surface area contributed by atoms with Crippen molar-refractivity contribution in [3.63, 3.8) is 0 Å². The van der Waals surface area contributed by atoms with Gasteiger partial charge in [-0.05, 0) is 93.9 Å². The Balaban J connectivity index is 0.957. The lowest BCUT2D eigenvalue weighted by molar-refractivity contribution is -0.256. The molecule has 0 bridgehead atoms. The summed E-state index contributed by atoms with van der Waals surface area (Å²) in [5, 5.41) is 16.2. The molecule has 12 heteroatoms. The Labute approximate surface area is 322 Å². The quantitative estimate of drug-likeness (QED) is 0.104. The summed E-state index contributed by atoms with van der Waals surface area (Å²) in [5.41, 5.74) is 7.12. The number of ether oxygens (including phenoxy) is 3. The summed E-state index contributed by atoms with van der Waals surface area (Å²) in [6, 6.07) is 32.4. The zero-order valence-corrected chi connectivity index (χ0v) is 30.7. The second-order valence-electron chi connectivity index (χ2n) is 12.9. The molecule has 0 radical (unpaired) electrons.